The highest BCUT2D eigenvalue weighted by Crippen LogP contribution is 2.27. The Hall–Kier alpha value is -1.81. The Morgan fingerprint density at radius 2 is 2.00 bits per heavy atom. The lowest BCUT2D eigenvalue weighted by Gasteiger charge is -2.26. The lowest BCUT2D eigenvalue weighted by Crippen LogP contribution is -2.42. The Kier molecular flexibility index (Phi) is 3.74. The number of halogens is 1. The van der Waals surface area contributed by atoms with Crippen LogP contribution in [0.25, 0.3) is 0 Å². The van der Waals surface area contributed by atoms with E-state index in [-0.39, 0.29) is 11.9 Å². The Bertz CT molecular complexity index is 628. The van der Waals surface area contributed by atoms with E-state index in [2.05, 4.69) is 21.2 Å². The standard InChI is InChI=1S/C16H14BrNO2/c17-13-6-7-15-12(8-13)9-14(10-20-15)18-16(19)11-4-2-1-3-5-11/h1-8,14H,9-10H2,(H,18,19). The van der Waals surface area contributed by atoms with Gasteiger partial charge in [0.25, 0.3) is 5.91 Å². The molecular formula is C16H14BrNO2. The highest BCUT2D eigenvalue weighted by atomic mass is 79.9. The van der Waals surface area contributed by atoms with Gasteiger partial charge in [-0.15, -0.1) is 0 Å². The summed E-state index contributed by atoms with van der Waals surface area (Å²) in [5, 5.41) is 3.02. The topological polar surface area (TPSA) is 38.3 Å². The zero-order valence-electron chi connectivity index (χ0n) is 10.8. The van der Waals surface area contributed by atoms with Gasteiger partial charge in [0, 0.05) is 10.0 Å². The Balaban J connectivity index is 1.70. The fourth-order valence-corrected chi connectivity index (χ4v) is 2.72. The van der Waals surface area contributed by atoms with E-state index in [1.165, 1.54) is 0 Å². The monoisotopic (exact) mass is 331 g/mol. The van der Waals surface area contributed by atoms with Crippen molar-refractivity contribution in [2.75, 3.05) is 6.61 Å². The molecule has 1 amide bonds. The van der Waals surface area contributed by atoms with E-state index in [0.29, 0.717) is 12.2 Å². The number of fused-ring (bicyclic) bond motifs is 1. The van der Waals surface area contributed by atoms with Gasteiger partial charge in [-0.05, 0) is 42.3 Å². The van der Waals surface area contributed by atoms with Crippen molar-refractivity contribution in [2.45, 2.75) is 12.5 Å². The van der Waals surface area contributed by atoms with E-state index in [9.17, 15) is 4.79 Å². The maximum atomic E-state index is 12.1. The summed E-state index contributed by atoms with van der Waals surface area (Å²) in [7, 11) is 0. The largest absolute Gasteiger partial charge is 0.491 e. The number of benzene rings is 2. The van der Waals surface area contributed by atoms with Gasteiger partial charge in [0.15, 0.2) is 0 Å². The molecule has 0 fully saturated rings. The third kappa shape index (κ3) is 2.85. The molecule has 0 saturated carbocycles. The molecule has 0 aliphatic carbocycles. The van der Waals surface area contributed by atoms with Crippen LogP contribution in [0.1, 0.15) is 15.9 Å². The minimum absolute atomic E-state index is 0.00417. The van der Waals surface area contributed by atoms with Crippen LogP contribution in [0.2, 0.25) is 0 Å². The smallest absolute Gasteiger partial charge is 0.251 e. The van der Waals surface area contributed by atoms with Crippen LogP contribution in [-0.2, 0) is 6.42 Å². The summed E-state index contributed by atoms with van der Waals surface area (Å²) in [6.07, 6.45) is 0.785. The van der Waals surface area contributed by atoms with E-state index in [4.69, 9.17) is 4.74 Å². The molecular weight excluding hydrogens is 318 g/mol. The summed E-state index contributed by atoms with van der Waals surface area (Å²) in [5.74, 6) is 0.844. The molecule has 0 saturated heterocycles. The first kappa shape index (κ1) is 13.2. The SMILES string of the molecule is O=C(NC1COc2ccc(Br)cc2C1)c1ccccc1. The molecule has 1 N–H and O–H groups in total. The summed E-state index contributed by atoms with van der Waals surface area (Å²) in [5.41, 5.74) is 1.79. The number of ether oxygens (including phenoxy) is 1. The number of hydrogen-bond acceptors (Lipinski definition) is 2. The minimum atomic E-state index is -0.0577. The van der Waals surface area contributed by atoms with Crippen molar-refractivity contribution in [3.05, 3.63) is 64.1 Å². The van der Waals surface area contributed by atoms with Crippen molar-refractivity contribution < 1.29 is 9.53 Å². The fraction of sp³-hybridized carbons (Fsp3) is 0.188. The van der Waals surface area contributed by atoms with Crippen molar-refractivity contribution in [3.63, 3.8) is 0 Å². The summed E-state index contributed by atoms with van der Waals surface area (Å²) < 4.78 is 6.72. The van der Waals surface area contributed by atoms with Gasteiger partial charge >= 0.3 is 0 Å². The molecule has 2 aromatic carbocycles. The second-order valence-corrected chi connectivity index (χ2v) is 5.72. The molecule has 0 radical (unpaired) electrons. The average molecular weight is 332 g/mol. The molecule has 1 aliphatic heterocycles. The van der Waals surface area contributed by atoms with Crippen molar-refractivity contribution in [3.8, 4) is 5.75 Å². The molecule has 1 unspecified atom stereocenters. The number of carbonyl (C=O) groups excluding carboxylic acids is 1. The van der Waals surface area contributed by atoms with Crippen LogP contribution in [-0.4, -0.2) is 18.6 Å². The molecule has 0 bridgehead atoms. The van der Waals surface area contributed by atoms with Crippen molar-refractivity contribution in [1.29, 1.82) is 0 Å². The molecule has 102 valence electrons. The zero-order chi connectivity index (χ0) is 13.9. The van der Waals surface area contributed by atoms with Gasteiger partial charge in [0.1, 0.15) is 12.4 Å². The Morgan fingerprint density at radius 1 is 1.20 bits per heavy atom. The molecule has 1 atom stereocenters. The lowest BCUT2D eigenvalue weighted by molar-refractivity contribution is 0.0915. The number of rotatable bonds is 2. The van der Waals surface area contributed by atoms with Crippen LogP contribution in [0.5, 0.6) is 5.75 Å². The van der Waals surface area contributed by atoms with Gasteiger partial charge in [0.05, 0.1) is 6.04 Å². The summed E-state index contributed by atoms with van der Waals surface area (Å²) in [6.45, 7) is 0.507. The van der Waals surface area contributed by atoms with Crippen LogP contribution in [0.4, 0.5) is 0 Å². The summed E-state index contributed by atoms with van der Waals surface area (Å²) in [4.78, 5) is 12.1. The first-order chi connectivity index (χ1) is 9.72. The van der Waals surface area contributed by atoms with Crippen LogP contribution in [0.15, 0.2) is 53.0 Å². The van der Waals surface area contributed by atoms with Gasteiger partial charge in [-0.2, -0.15) is 0 Å². The Labute approximate surface area is 126 Å². The van der Waals surface area contributed by atoms with Crippen LogP contribution in [0, 0.1) is 0 Å². The van der Waals surface area contributed by atoms with Gasteiger partial charge in [0.2, 0.25) is 0 Å². The van der Waals surface area contributed by atoms with E-state index < -0.39 is 0 Å². The molecule has 3 nitrogen and oxygen atoms in total. The number of carbonyl (C=O) groups is 1. The Morgan fingerprint density at radius 3 is 2.80 bits per heavy atom. The predicted octanol–water partition coefficient (Wildman–Crippen LogP) is 3.18. The second-order valence-electron chi connectivity index (χ2n) is 4.80. The number of hydrogen-bond donors (Lipinski definition) is 1. The van der Waals surface area contributed by atoms with E-state index >= 15 is 0 Å². The molecule has 0 spiro atoms. The zero-order valence-corrected chi connectivity index (χ0v) is 12.4. The van der Waals surface area contributed by atoms with E-state index in [0.717, 1.165) is 22.2 Å². The van der Waals surface area contributed by atoms with Gasteiger partial charge < -0.3 is 10.1 Å². The summed E-state index contributed by atoms with van der Waals surface area (Å²) >= 11 is 3.45. The maximum absolute atomic E-state index is 12.1. The highest BCUT2D eigenvalue weighted by Gasteiger charge is 2.21. The molecule has 3 rings (SSSR count). The maximum Gasteiger partial charge on any atom is 0.251 e. The van der Waals surface area contributed by atoms with Crippen molar-refractivity contribution in [1.82, 2.24) is 5.32 Å². The van der Waals surface area contributed by atoms with Crippen molar-refractivity contribution >= 4 is 21.8 Å². The molecule has 1 heterocycles. The predicted molar refractivity (Wildman–Crippen MR) is 81.0 cm³/mol. The fourth-order valence-electron chi connectivity index (χ4n) is 2.31. The van der Waals surface area contributed by atoms with E-state index in [1.54, 1.807) is 0 Å². The van der Waals surface area contributed by atoms with Gasteiger partial charge in [-0.1, -0.05) is 34.1 Å². The van der Waals surface area contributed by atoms with Crippen LogP contribution >= 0.6 is 15.9 Å². The number of amides is 1. The molecule has 0 aromatic heterocycles. The van der Waals surface area contributed by atoms with Crippen LogP contribution < -0.4 is 10.1 Å². The first-order valence-electron chi connectivity index (χ1n) is 6.49. The average Bonchev–Trinajstić information content (AvgIpc) is 2.47. The normalized spacial score (nSPS) is 16.9. The third-order valence-electron chi connectivity index (χ3n) is 3.30. The summed E-state index contributed by atoms with van der Waals surface area (Å²) in [6, 6.07) is 15.2. The van der Waals surface area contributed by atoms with Gasteiger partial charge in [-0.3, -0.25) is 4.79 Å². The number of nitrogens with one attached hydrogen (secondary N) is 1. The van der Waals surface area contributed by atoms with E-state index in [1.807, 2.05) is 48.5 Å². The quantitative estimate of drug-likeness (QED) is 0.917. The molecule has 1 aliphatic rings. The third-order valence-corrected chi connectivity index (χ3v) is 3.79. The molecule has 4 heteroatoms. The lowest BCUT2D eigenvalue weighted by atomic mass is 10.0. The highest BCUT2D eigenvalue weighted by molar-refractivity contribution is 9.10. The van der Waals surface area contributed by atoms with Crippen LogP contribution in [0.3, 0.4) is 0 Å². The first-order valence-corrected chi connectivity index (χ1v) is 7.29. The molecule has 2 aromatic rings. The molecule has 20 heavy (non-hydrogen) atoms. The van der Waals surface area contributed by atoms with Gasteiger partial charge in [-0.25, -0.2) is 0 Å². The second kappa shape index (κ2) is 5.67. The minimum Gasteiger partial charge on any atom is -0.491 e. The van der Waals surface area contributed by atoms with Crippen molar-refractivity contribution in [2.24, 2.45) is 0 Å².